The van der Waals surface area contributed by atoms with E-state index in [9.17, 15) is 10.2 Å². The fourth-order valence-electron chi connectivity index (χ4n) is 2.72. The van der Waals surface area contributed by atoms with E-state index < -0.39 is 5.60 Å². The van der Waals surface area contributed by atoms with Gasteiger partial charge in [0.1, 0.15) is 0 Å². The molecule has 0 spiro atoms. The van der Waals surface area contributed by atoms with Crippen molar-refractivity contribution in [1.82, 2.24) is 0 Å². The van der Waals surface area contributed by atoms with E-state index >= 15 is 0 Å². The van der Waals surface area contributed by atoms with Crippen LogP contribution in [0.5, 0.6) is 0 Å². The molecule has 0 radical (unpaired) electrons. The molecule has 0 amide bonds. The van der Waals surface area contributed by atoms with Crippen LogP contribution in [0.2, 0.25) is 0 Å². The van der Waals surface area contributed by atoms with E-state index in [0.717, 1.165) is 18.4 Å². The van der Waals surface area contributed by atoms with E-state index in [1.165, 1.54) is 0 Å². The summed E-state index contributed by atoms with van der Waals surface area (Å²) in [7, 11) is 0. The van der Waals surface area contributed by atoms with Gasteiger partial charge >= 0.3 is 0 Å². The van der Waals surface area contributed by atoms with Crippen molar-refractivity contribution in [3.05, 3.63) is 11.6 Å². The van der Waals surface area contributed by atoms with Crippen LogP contribution in [-0.4, -0.2) is 22.4 Å². The molecular formula is C10H16O2. The Labute approximate surface area is 72.9 Å². The molecule has 0 aromatic rings. The number of aliphatic hydroxyl groups excluding tert-OH is 1. The fraction of sp³-hybridized carbons (Fsp3) is 0.800. The predicted octanol–water partition coefficient (Wildman–Crippen LogP) is 1.09. The van der Waals surface area contributed by atoms with Crippen molar-refractivity contribution in [1.29, 1.82) is 0 Å². The third-order valence-electron chi connectivity index (χ3n) is 4.08. The van der Waals surface area contributed by atoms with Crippen LogP contribution in [0.15, 0.2) is 11.6 Å². The Balaban J connectivity index is 2.39. The standard InChI is InChI=1S/C10H16O2/c1-7-3-4-8-5-10(7,12)9(8,2)6-11/h3,8,11-12H,4-6H2,1-2H3/t8?,9?,10-/m1/s1. The zero-order chi connectivity index (χ0) is 8.98. The lowest BCUT2D eigenvalue weighted by Gasteiger charge is -2.62. The number of allylic oxidation sites excluding steroid dienone is 1. The predicted molar refractivity (Wildman–Crippen MR) is 46.6 cm³/mol. The van der Waals surface area contributed by atoms with E-state index in [-0.39, 0.29) is 12.0 Å². The molecule has 0 aromatic heterocycles. The Morgan fingerprint density at radius 1 is 1.67 bits per heavy atom. The molecule has 68 valence electrons. The van der Waals surface area contributed by atoms with Crippen molar-refractivity contribution in [2.45, 2.75) is 32.3 Å². The summed E-state index contributed by atoms with van der Waals surface area (Å²) in [6.45, 7) is 4.04. The molecule has 12 heavy (non-hydrogen) atoms. The van der Waals surface area contributed by atoms with Crippen molar-refractivity contribution in [3.63, 3.8) is 0 Å². The van der Waals surface area contributed by atoms with Gasteiger partial charge in [0.15, 0.2) is 0 Å². The molecule has 3 aliphatic rings. The van der Waals surface area contributed by atoms with Crippen LogP contribution in [0.4, 0.5) is 0 Å². The number of aliphatic hydroxyl groups is 2. The van der Waals surface area contributed by atoms with Crippen molar-refractivity contribution in [2.24, 2.45) is 11.3 Å². The highest BCUT2D eigenvalue weighted by Gasteiger charge is 2.63. The smallest absolute Gasteiger partial charge is 0.0935 e. The van der Waals surface area contributed by atoms with E-state index in [4.69, 9.17) is 0 Å². The van der Waals surface area contributed by atoms with Gasteiger partial charge in [-0.3, -0.25) is 0 Å². The second kappa shape index (κ2) is 2.12. The Morgan fingerprint density at radius 2 is 2.33 bits per heavy atom. The first-order valence-corrected chi connectivity index (χ1v) is 4.55. The van der Waals surface area contributed by atoms with Crippen molar-refractivity contribution >= 4 is 0 Å². The zero-order valence-electron chi connectivity index (χ0n) is 7.67. The minimum Gasteiger partial charge on any atom is -0.396 e. The Hall–Kier alpha value is -0.340. The SMILES string of the molecule is CC1=CCC2C[C@]1(O)C2(C)CO. The third-order valence-corrected chi connectivity index (χ3v) is 4.08. The average Bonchev–Trinajstić information content (AvgIpc) is 2.07. The first-order valence-electron chi connectivity index (χ1n) is 4.55. The summed E-state index contributed by atoms with van der Waals surface area (Å²) >= 11 is 0. The van der Waals surface area contributed by atoms with Crippen LogP contribution in [0.3, 0.4) is 0 Å². The molecule has 1 saturated carbocycles. The molecule has 2 heteroatoms. The molecule has 0 aliphatic heterocycles. The number of hydrogen-bond donors (Lipinski definition) is 2. The summed E-state index contributed by atoms with van der Waals surface area (Å²) in [4.78, 5) is 0. The van der Waals surface area contributed by atoms with E-state index in [1.807, 2.05) is 13.8 Å². The Morgan fingerprint density at radius 3 is 2.75 bits per heavy atom. The van der Waals surface area contributed by atoms with Gasteiger partial charge in [-0.15, -0.1) is 0 Å². The van der Waals surface area contributed by atoms with Gasteiger partial charge < -0.3 is 10.2 Å². The van der Waals surface area contributed by atoms with E-state index in [0.29, 0.717) is 5.92 Å². The summed E-state index contributed by atoms with van der Waals surface area (Å²) in [5.74, 6) is 0.483. The average molecular weight is 168 g/mol. The maximum Gasteiger partial charge on any atom is 0.0935 e. The van der Waals surface area contributed by atoms with Crippen LogP contribution in [0.1, 0.15) is 26.7 Å². The Kier molecular flexibility index (Phi) is 1.46. The molecule has 3 rings (SSSR count). The lowest BCUT2D eigenvalue weighted by atomic mass is 9.45. The monoisotopic (exact) mass is 168 g/mol. The van der Waals surface area contributed by atoms with Gasteiger partial charge in [-0.2, -0.15) is 0 Å². The molecule has 3 atom stereocenters. The maximum atomic E-state index is 10.2. The summed E-state index contributed by atoms with van der Waals surface area (Å²) in [6.07, 6.45) is 3.96. The normalized spacial score (nSPS) is 51.3. The molecule has 1 fully saturated rings. The van der Waals surface area contributed by atoms with Gasteiger partial charge in [0.25, 0.3) is 0 Å². The molecule has 2 nitrogen and oxygen atoms in total. The van der Waals surface area contributed by atoms with Crippen LogP contribution < -0.4 is 0 Å². The van der Waals surface area contributed by atoms with Crippen LogP contribution in [0, 0.1) is 11.3 Å². The quantitative estimate of drug-likeness (QED) is 0.575. The zero-order valence-corrected chi connectivity index (χ0v) is 7.67. The molecule has 2 bridgehead atoms. The summed E-state index contributed by atoms with van der Waals surface area (Å²) < 4.78 is 0. The number of hydrogen-bond acceptors (Lipinski definition) is 2. The van der Waals surface area contributed by atoms with Crippen LogP contribution in [0.25, 0.3) is 0 Å². The topological polar surface area (TPSA) is 40.5 Å². The second-order valence-electron chi connectivity index (χ2n) is 4.46. The van der Waals surface area contributed by atoms with Crippen LogP contribution >= 0.6 is 0 Å². The van der Waals surface area contributed by atoms with Gasteiger partial charge in [0.2, 0.25) is 0 Å². The molecule has 3 aliphatic carbocycles. The maximum absolute atomic E-state index is 10.2. The molecule has 0 aromatic carbocycles. The molecule has 0 heterocycles. The third kappa shape index (κ3) is 0.639. The minimum atomic E-state index is -0.704. The highest BCUT2D eigenvalue weighted by atomic mass is 16.3. The highest BCUT2D eigenvalue weighted by Crippen LogP contribution is 2.61. The van der Waals surface area contributed by atoms with Gasteiger partial charge in [-0.25, -0.2) is 0 Å². The highest BCUT2D eigenvalue weighted by molar-refractivity contribution is 5.32. The Bertz CT molecular complexity index is 246. The van der Waals surface area contributed by atoms with Crippen molar-refractivity contribution in [2.75, 3.05) is 6.61 Å². The van der Waals surface area contributed by atoms with Crippen molar-refractivity contribution < 1.29 is 10.2 Å². The largest absolute Gasteiger partial charge is 0.396 e. The molecule has 2 unspecified atom stereocenters. The van der Waals surface area contributed by atoms with Gasteiger partial charge in [-0.1, -0.05) is 13.0 Å². The number of rotatable bonds is 1. The molecular weight excluding hydrogens is 152 g/mol. The first-order chi connectivity index (χ1) is 5.54. The van der Waals surface area contributed by atoms with Crippen LogP contribution in [-0.2, 0) is 0 Å². The molecule has 0 saturated heterocycles. The van der Waals surface area contributed by atoms with E-state index in [1.54, 1.807) is 0 Å². The van der Waals surface area contributed by atoms with Gasteiger partial charge in [0, 0.05) is 5.41 Å². The van der Waals surface area contributed by atoms with E-state index in [2.05, 4.69) is 6.08 Å². The minimum absolute atomic E-state index is 0.0966. The summed E-state index contributed by atoms with van der Waals surface area (Å²) in [5.41, 5.74) is 0.0674. The lowest BCUT2D eigenvalue weighted by molar-refractivity contribution is -0.203. The fourth-order valence-corrected chi connectivity index (χ4v) is 2.72. The summed E-state index contributed by atoms with van der Waals surface area (Å²) in [6, 6.07) is 0. The second-order valence-corrected chi connectivity index (χ2v) is 4.46. The van der Waals surface area contributed by atoms with Gasteiger partial charge in [0.05, 0.1) is 12.2 Å². The van der Waals surface area contributed by atoms with Gasteiger partial charge in [-0.05, 0) is 31.3 Å². The first kappa shape index (κ1) is 8.27. The summed E-state index contributed by atoms with van der Waals surface area (Å²) in [5, 5.41) is 19.4. The lowest BCUT2D eigenvalue weighted by Crippen LogP contribution is -2.66. The van der Waals surface area contributed by atoms with Crippen molar-refractivity contribution in [3.8, 4) is 0 Å². The molecule has 2 N–H and O–H groups in total. The number of fused-ring (bicyclic) bond motifs is 1.